The van der Waals surface area contributed by atoms with Crippen LogP contribution in [-0.2, 0) is 12.7 Å². The molecule has 0 radical (unpaired) electrons. The Morgan fingerprint density at radius 1 is 1.30 bits per heavy atom. The van der Waals surface area contributed by atoms with Crippen LogP contribution in [0.15, 0.2) is 34.9 Å². The van der Waals surface area contributed by atoms with E-state index in [1.807, 2.05) is 6.92 Å². The first-order valence-electron chi connectivity index (χ1n) is 5.78. The molecule has 0 atom stereocenters. The summed E-state index contributed by atoms with van der Waals surface area (Å²) in [6.45, 7) is 2.32. The van der Waals surface area contributed by atoms with E-state index in [-0.39, 0.29) is 11.3 Å². The first kappa shape index (κ1) is 14.8. The molecule has 0 bridgehead atoms. The lowest BCUT2D eigenvalue weighted by molar-refractivity contribution is -0.137. The lowest BCUT2D eigenvalue weighted by Gasteiger charge is -2.08. The predicted molar refractivity (Wildman–Crippen MR) is 70.5 cm³/mol. The molecule has 20 heavy (non-hydrogen) atoms. The molecule has 7 heteroatoms. The summed E-state index contributed by atoms with van der Waals surface area (Å²) in [5, 5.41) is 4.01. The largest absolute Gasteiger partial charge is 0.416 e. The molecule has 0 fully saturated rings. The molecule has 0 aliphatic heterocycles. The number of ketones is 1. The molecule has 0 aliphatic carbocycles. The van der Waals surface area contributed by atoms with Gasteiger partial charge in [-0.15, -0.1) is 0 Å². The Kier molecular flexibility index (Phi) is 3.99. The van der Waals surface area contributed by atoms with Gasteiger partial charge in [-0.3, -0.25) is 9.48 Å². The highest BCUT2D eigenvalue weighted by Crippen LogP contribution is 2.29. The average molecular weight is 347 g/mol. The van der Waals surface area contributed by atoms with Crippen LogP contribution in [-0.4, -0.2) is 15.6 Å². The fourth-order valence-electron chi connectivity index (χ4n) is 1.78. The minimum Gasteiger partial charge on any atom is -0.287 e. The van der Waals surface area contributed by atoms with Crippen LogP contribution in [0.3, 0.4) is 0 Å². The van der Waals surface area contributed by atoms with Crippen molar-refractivity contribution in [3.05, 3.63) is 51.8 Å². The Hall–Kier alpha value is -1.63. The number of alkyl halides is 3. The Morgan fingerprint density at radius 3 is 2.40 bits per heavy atom. The van der Waals surface area contributed by atoms with Gasteiger partial charge in [-0.25, -0.2) is 0 Å². The van der Waals surface area contributed by atoms with Crippen molar-refractivity contribution in [3.63, 3.8) is 0 Å². The Morgan fingerprint density at radius 2 is 1.90 bits per heavy atom. The average Bonchev–Trinajstić information content (AvgIpc) is 2.78. The van der Waals surface area contributed by atoms with Crippen LogP contribution >= 0.6 is 15.9 Å². The van der Waals surface area contributed by atoms with Gasteiger partial charge in [-0.05, 0) is 35.0 Å². The van der Waals surface area contributed by atoms with Gasteiger partial charge in [0, 0.05) is 12.1 Å². The standard InChI is InChI=1S/C13H10BrF3N2O/c1-2-19-11(10(14)7-18-19)12(20)8-3-5-9(6-4-8)13(15,16)17/h3-7H,2H2,1H3. The van der Waals surface area contributed by atoms with Crippen molar-refractivity contribution in [1.82, 2.24) is 9.78 Å². The SMILES string of the molecule is CCn1ncc(Br)c1C(=O)c1ccc(C(F)(F)F)cc1. The number of hydrogen-bond donors (Lipinski definition) is 0. The Balaban J connectivity index is 2.37. The fourth-order valence-corrected chi connectivity index (χ4v) is 2.25. The van der Waals surface area contributed by atoms with Gasteiger partial charge in [-0.2, -0.15) is 18.3 Å². The van der Waals surface area contributed by atoms with Crippen LogP contribution in [0.4, 0.5) is 13.2 Å². The summed E-state index contributed by atoms with van der Waals surface area (Å²) in [5.41, 5.74) is -0.265. The second kappa shape index (κ2) is 5.40. The van der Waals surface area contributed by atoms with Gasteiger partial charge in [0.25, 0.3) is 0 Å². The second-order valence-electron chi connectivity index (χ2n) is 4.06. The summed E-state index contributed by atoms with van der Waals surface area (Å²) >= 11 is 3.22. The fraction of sp³-hybridized carbons (Fsp3) is 0.231. The maximum atomic E-state index is 12.5. The molecule has 1 heterocycles. The normalized spacial score (nSPS) is 11.7. The maximum absolute atomic E-state index is 12.5. The number of benzene rings is 1. The minimum atomic E-state index is -4.41. The van der Waals surface area contributed by atoms with E-state index < -0.39 is 11.7 Å². The Bertz CT molecular complexity index is 632. The summed E-state index contributed by atoms with van der Waals surface area (Å²) < 4.78 is 39.4. The molecule has 1 aromatic heterocycles. The molecule has 0 unspecified atom stereocenters. The highest BCUT2D eigenvalue weighted by molar-refractivity contribution is 9.10. The number of carbonyl (C=O) groups is 1. The van der Waals surface area contributed by atoms with Crippen molar-refractivity contribution in [2.45, 2.75) is 19.6 Å². The van der Waals surface area contributed by atoms with Gasteiger partial charge in [0.15, 0.2) is 0 Å². The molecule has 0 spiro atoms. The molecule has 3 nitrogen and oxygen atoms in total. The summed E-state index contributed by atoms with van der Waals surface area (Å²) in [5.74, 6) is -0.370. The van der Waals surface area contributed by atoms with Crippen LogP contribution in [0.2, 0.25) is 0 Å². The molecule has 2 rings (SSSR count). The van der Waals surface area contributed by atoms with Gasteiger partial charge in [-0.1, -0.05) is 12.1 Å². The van der Waals surface area contributed by atoms with Crippen LogP contribution in [0.25, 0.3) is 0 Å². The molecule has 0 N–H and O–H groups in total. The first-order valence-corrected chi connectivity index (χ1v) is 6.57. The van der Waals surface area contributed by atoms with Crippen molar-refractivity contribution >= 4 is 21.7 Å². The molecule has 0 amide bonds. The molecule has 0 saturated carbocycles. The van der Waals surface area contributed by atoms with Crippen molar-refractivity contribution < 1.29 is 18.0 Å². The number of halogens is 4. The zero-order valence-corrected chi connectivity index (χ0v) is 12.0. The minimum absolute atomic E-state index is 0.189. The van der Waals surface area contributed by atoms with E-state index in [4.69, 9.17) is 0 Å². The highest BCUT2D eigenvalue weighted by atomic mass is 79.9. The summed E-state index contributed by atoms with van der Waals surface area (Å²) in [4.78, 5) is 12.3. The summed E-state index contributed by atoms with van der Waals surface area (Å²) in [6, 6.07) is 4.14. The molecule has 1 aromatic carbocycles. The second-order valence-corrected chi connectivity index (χ2v) is 4.92. The van der Waals surface area contributed by atoms with E-state index in [1.165, 1.54) is 23.0 Å². The van der Waals surface area contributed by atoms with Crippen LogP contribution in [0.5, 0.6) is 0 Å². The number of hydrogen-bond acceptors (Lipinski definition) is 2. The zero-order valence-electron chi connectivity index (χ0n) is 10.4. The number of aryl methyl sites for hydroxylation is 1. The van der Waals surface area contributed by atoms with E-state index in [2.05, 4.69) is 21.0 Å². The van der Waals surface area contributed by atoms with Crippen molar-refractivity contribution in [2.24, 2.45) is 0 Å². The van der Waals surface area contributed by atoms with Crippen molar-refractivity contribution in [3.8, 4) is 0 Å². The number of rotatable bonds is 3. The zero-order chi connectivity index (χ0) is 14.9. The van der Waals surface area contributed by atoms with Crippen LogP contribution in [0.1, 0.15) is 28.5 Å². The lowest BCUT2D eigenvalue weighted by Crippen LogP contribution is -2.12. The lowest BCUT2D eigenvalue weighted by atomic mass is 10.1. The summed E-state index contributed by atoms with van der Waals surface area (Å²) in [7, 11) is 0. The van der Waals surface area contributed by atoms with E-state index in [0.717, 1.165) is 12.1 Å². The summed E-state index contributed by atoms with van der Waals surface area (Å²) in [6.07, 6.45) is -2.92. The van der Waals surface area contributed by atoms with Gasteiger partial charge in [0.1, 0.15) is 5.69 Å². The van der Waals surface area contributed by atoms with E-state index in [9.17, 15) is 18.0 Å². The molecule has 2 aromatic rings. The quantitative estimate of drug-likeness (QED) is 0.789. The number of aromatic nitrogens is 2. The molecule has 0 saturated heterocycles. The van der Waals surface area contributed by atoms with Crippen molar-refractivity contribution in [1.29, 1.82) is 0 Å². The predicted octanol–water partition coefficient (Wildman–Crippen LogP) is 3.92. The maximum Gasteiger partial charge on any atom is 0.416 e. The molecule has 106 valence electrons. The van der Waals surface area contributed by atoms with Gasteiger partial charge in [0.2, 0.25) is 5.78 Å². The molecule has 0 aliphatic rings. The number of carbonyl (C=O) groups excluding carboxylic acids is 1. The van der Waals surface area contributed by atoms with Crippen molar-refractivity contribution in [2.75, 3.05) is 0 Å². The van der Waals surface area contributed by atoms with Gasteiger partial charge >= 0.3 is 6.18 Å². The molecular formula is C13H10BrF3N2O. The third-order valence-corrected chi connectivity index (χ3v) is 3.36. The van der Waals surface area contributed by atoms with Crippen LogP contribution in [0, 0.1) is 0 Å². The van der Waals surface area contributed by atoms with E-state index in [1.54, 1.807) is 0 Å². The monoisotopic (exact) mass is 346 g/mol. The smallest absolute Gasteiger partial charge is 0.287 e. The van der Waals surface area contributed by atoms with E-state index >= 15 is 0 Å². The Labute approximate surface area is 121 Å². The highest BCUT2D eigenvalue weighted by Gasteiger charge is 2.30. The van der Waals surface area contributed by atoms with E-state index in [0.29, 0.717) is 16.7 Å². The van der Waals surface area contributed by atoms with Crippen LogP contribution < -0.4 is 0 Å². The van der Waals surface area contributed by atoms with Gasteiger partial charge in [0.05, 0.1) is 16.2 Å². The molecular weight excluding hydrogens is 337 g/mol. The topological polar surface area (TPSA) is 34.9 Å². The third-order valence-electron chi connectivity index (χ3n) is 2.78. The third kappa shape index (κ3) is 2.77. The first-order chi connectivity index (χ1) is 9.34. The number of nitrogens with zero attached hydrogens (tertiary/aromatic N) is 2. The van der Waals surface area contributed by atoms with Gasteiger partial charge < -0.3 is 0 Å².